The van der Waals surface area contributed by atoms with Crippen LogP contribution in [0.3, 0.4) is 0 Å². The molecule has 0 saturated carbocycles. The number of halogens is 1. The first-order chi connectivity index (χ1) is 9.51. The fourth-order valence-corrected chi connectivity index (χ4v) is 3.82. The molecule has 0 bridgehead atoms. The van der Waals surface area contributed by atoms with Gasteiger partial charge in [-0.3, -0.25) is 4.79 Å². The van der Waals surface area contributed by atoms with Crippen LogP contribution in [0.2, 0.25) is 0 Å². The number of rotatable bonds is 5. The van der Waals surface area contributed by atoms with Crippen LogP contribution in [-0.2, 0) is 10.0 Å². The zero-order valence-corrected chi connectivity index (χ0v) is 15.1. The van der Waals surface area contributed by atoms with Gasteiger partial charge in [-0.05, 0) is 39.0 Å². The Morgan fingerprint density at radius 2 is 1.95 bits per heavy atom. The Morgan fingerprint density at radius 1 is 1.33 bits per heavy atom. The third-order valence-corrected chi connectivity index (χ3v) is 4.86. The van der Waals surface area contributed by atoms with Crippen LogP contribution in [0.15, 0.2) is 28.7 Å². The van der Waals surface area contributed by atoms with Crippen molar-refractivity contribution in [3.05, 3.63) is 34.3 Å². The average Bonchev–Trinajstić information content (AvgIpc) is 2.31. The molecule has 1 aromatic rings. The summed E-state index contributed by atoms with van der Waals surface area (Å²) in [5.74, 6) is -0.223. The molecular formula is C14H21BrN2O3S. The molecule has 1 amide bonds. The van der Waals surface area contributed by atoms with Crippen molar-refractivity contribution in [2.45, 2.75) is 26.3 Å². The van der Waals surface area contributed by atoms with Gasteiger partial charge in [-0.1, -0.05) is 22.0 Å². The highest BCUT2D eigenvalue weighted by molar-refractivity contribution is 9.10. The van der Waals surface area contributed by atoms with E-state index in [1.165, 1.54) is 10.6 Å². The number of hydrogen-bond donors (Lipinski definition) is 1. The Kier molecular flexibility index (Phi) is 5.95. The highest BCUT2D eigenvalue weighted by Crippen LogP contribution is 2.16. The summed E-state index contributed by atoms with van der Waals surface area (Å²) in [6.45, 7) is 5.97. The van der Waals surface area contributed by atoms with Crippen LogP contribution in [0, 0.1) is 0 Å². The Bertz CT molecular complexity index is 609. The number of carbonyl (C=O) groups excluding carboxylic acids is 1. The van der Waals surface area contributed by atoms with Gasteiger partial charge < -0.3 is 5.32 Å². The Hall–Kier alpha value is -0.920. The fourth-order valence-electron chi connectivity index (χ4n) is 2.00. The van der Waals surface area contributed by atoms with Crippen LogP contribution in [0.25, 0.3) is 0 Å². The lowest BCUT2D eigenvalue weighted by Crippen LogP contribution is -2.48. The van der Waals surface area contributed by atoms with E-state index >= 15 is 0 Å². The van der Waals surface area contributed by atoms with Crippen molar-refractivity contribution >= 4 is 31.9 Å². The van der Waals surface area contributed by atoms with Crippen molar-refractivity contribution in [2.75, 3.05) is 19.3 Å². The summed E-state index contributed by atoms with van der Waals surface area (Å²) in [7, 11) is -3.32. The third-order valence-electron chi connectivity index (χ3n) is 2.84. The number of sulfonamides is 1. The molecule has 7 heteroatoms. The summed E-state index contributed by atoms with van der Waals surface area (Å²) in [5.41, 5.74) is 0.0136. The first-order valence-corrected chi connectivity index (χ1v) is 9.17. The smallest absolute Gasteiger partial charge is 0.251 e. The second-order valence-corrected chi connectivity index (χ2v) is 8.59. The van der Waals surface area contributed by atoms with Gasteiger partial charge in [0.2, 0.25) is 10.0 Å². The van der Waals surface area contributed by atoms with Crippen molar-refractivity contribution in [3.63, 3.8) is 0 Å². The molecular weight excluding hydrogens is 356 g/mol. The molecule has 0 aliphatic carbocycles. The van der Waals surface area contributed by atoms with E-state index < -0.39 is 15.6 Å². The number of amides is 1. The van der Waals surface area contributed by atoms with E-state index in [4.69, 9.17) is 0 Å². The second-order valence-electron chi connectivity index (χ2n) is 5.77. The molecule has 0 spiro atoms. The molecule has 0 atom stereocenters. The van der Waals surface area contributed by atoms with E-state index in [9.17, 15) is 13.2 Å². The normalized spacial score (nSPS) is 12.5. The molecule has 0 fully saturated rings. The zero-order chi connectivity index (χ0) is 16.3. The van der Waals surface area contributed by atoms with Crippen molar-refractivity contribution in [1.29, 1.82) is 0 Å². The number of carbonyl (C=O) groups is 1. The first kappa shape index (κ1) is 18.1. The zero-order valence-electron chi connectivity index (χ0n) is 12.7. The van der Waals surface area contributed by atoms with Crippen LogP contribution in [0.5, 0.6) is 0 Å². The molecule has 118 valence electrons. The molecule has 5 nitrogen and oxygen atoms in total. The molecule has 0 aliphatic heterocycles. The number of nitrogens with one attached hydrogen (secondary N) is 1. The van der Waals surface area contributed by atoms with Crippen LogP contribution >= 0.6 is 15.9 Å². The van der Waals surface area contributed by atoms with Gasteiger partial charge in [0.05, 0.1) is 6.26 Å². The molecule has 0 heterocycles. The van der Waals surface area contributed by atoms with Gasteiger partial charge in [-0.25, -0.2) is 8.42 Å². The standard InChI is InChI=1S/C14H21BrN2O3S/c1-14(2,3)17(21(4,19)20)9-8-16-13(18)11-6-5-7-12(15)10-11/h5-7,10H,8-9H2,1-4H3,(H,16,18). The number of benzene rings is 1. The molecule has 21 heavy (non-hydrogen) atoms. The summed E-state index contributed by atoms with van der Waals surface area (Å²) >= 11 is 3.31. The predicted octanol–water partition coefficient (Wildman–Crippen LogP) is 2.24. The summed E-state index contributed by atoms with van der Waals surface area (Å²) in [5, 5.41) is 2.73. The van der Waals surface area contributed by atoms with Gasteiger partial charge in [-0.15, -0.1) is 0 Å². The van der Waals surface area contributed by atoms with Crippen molar-refractivity contribution < 1.29 is 13.2 Å². The number of nitrogens with zero attached hydrogens (tertiary/aromatic N) is 1. The van der Waals surface area contributed by atoms with E-state index in [2.05, 4.69) is 21.2 Å². The highest BCUT2D eigenvalue weighted by Gasteiger charge is 2.28. The van der Waals surface area contributed by atoms with E-state index in [-0.39, 0.29) is 19.0 Å². The molecule has 1 aromatic carbocycles. The van der Waals surface area contributed by atoms with Crippen molar-refractivity contribution in [2.24, 2.45) is 0 Å². The minimum absolute atomic E-state index is 0.223. The Labute approximate surface area is 134 Å². The third kappa shape index (κ3) is 5.76. The largest absolute Gasteiger partial charge is 0.351 e. The van der Waals surface area contributed by atoms with E-state index in [0.717, 1.165) is 4.47 Å². The quantitative estimate of drug-likeness (QED) is 0.856. The van der Waals surface area contributed by atoms with Gasteiger partial charge >= 0.3 is 0 Å². The lowest BCUT2D eigenvalue weighted by atomic mass is 10.1. The highest BCUT2D eigenvalue weighted by atomic mass is 79.9. The molecule has 0 saturated heterocycles. The van der Waals surface area contributed by atoms with Crippen LogP contribution in [-0.4, -0.2) is 43.5 Å². The fraction of sp³-hybridized carbons (Fsp3) is 0.500. The van der Waals surface area contributed by atoms with E-state index in [1.807, 2.05) is 26.8 Å². The second kappa shape index (κ2) is 6.89. The molecule has 1 rings (SSSR count). The maximum absolute atomic E-state index is 12.0. The molecule has 1 N–H and O–H groups in total. The maximum Gasteiger partial charge on any atom is 0.251 e. The summed E-state index contributed by atoms with van der Waals surface area (Å²) in [6.07, 6.45) is 1.17. The van der Waals surface area contributed by atoms with Gasteiger partial charge in [-0.2, -0.15) is 4.31 Å². The summed E-state index contributed by atoms with van der Waals surface area (Å²) in [6, 6.07) is 7.03. The minimum Gasteiger partial charge on any atom is -0.351 e. The van der Waals surface area contributed by atoms with E-state index in [0.29, 0.717) is 5.56 Å². The van der Waals surface area contributed by atoms with Crippen LogP contribution < -0.4 is 5.32 Å². The molecule has 0 aliphatic rings. The minimum atomic E-state index is -3.32. The SMILES string of the molecule is CC(C)(C)N(CCNC(=O)c1cccc(Br)c1)S(C)(=O)=O. The maximum atomic E-state index is 12.0. The predicted molar refractivity (Wildman–Crippen MR) is 87.8 cm³/mol. The summed E-state index contributed by atoms with van der Waals surface area (Å²) in [4.78, 5) is 12.0. The topological polar surface area (TPSA) is 66.5 Å². The Morgan fingerprint density at radius 3 is 2.43 bits per heavy atom. The van der Waals surface area contributed by atoms with Crippen LogP contribution in [0.1, 0.15) is 31.1 Å². The van der Waals surface area contributed by atoms with Gasteiger partial charge in [0.1, 0.15) is 0 Å². The van der Waals surface area contributed by atoms with Crippen LogP contribution in [0.4, 0.5) is 0 Å². The number of hydrogen-bond acceptors (Lipinski definition) is 3. The molecule has 0 aromatic heterocycles. The lowest BCUT2D eigenvalue weighted by molar-refractivity contribution is 0.0948. The van der Waals surface area contributed by atoms with Gasteiger partial charge in [0.25, 0.3) is 5.91 Å². The van der Waals surface area contributed by atoms with Gasteiger partial charge in [0.15, 0.2) is 0 Å². The molecule has 0 unspecified atom stereocenters. The first-order valence-electron chi connectivity index (χ1n) is 6.53. The summed E-state index contributed by atoms with van der Waals surface area (Å²) < 4.78 is 25.7. The average molecular weight is 377 g/mol. The monoisotopic (exact) mass is 376 g/mol. The van der Waals surface area contributed by atoms with Gasteiger partial charge in [0, 0.05) is 28.7 Å². The lowest BCUT2D eigenvalue weighted by Gasteiger charge is -2.33. The molecule has 0 radical (unpaired) electrons. The van der Waals surface area contributed by atoms with E-state index in [1.54, 1.807) is 18.2 Å². The van der Waals surface area contributed by atoms with Crippen molar-refractivity contribution in [1.82, 2.24) is 9.62 Å². The Balaban J connectivity index is 2.65. The van der Waals surface area contributed by atoms with Crippen molar-refractivity contribution in [3.8, 4) is 0 Å².